The summed E-state index contributed by atoms with van der Waals surface area (Å²) >= 11 is 0. The molecule has 5 nitrogen and oxygen atoms in total. The van der Waals surface area contributed by atoms with Crippen molar-refractivity contribution in [3.8, 4) is 0 Å². The molecule has 0 aromatic heterocycles. The van der Waals surface area contributed by atoms with E-state index in [0.717, 1.165) is 5.56 Å². The first-order valence-corrected chi connectivity index (χ1v) is 5.61. The van der Waals surface area contributed by atoms with Crippen LogP contribution in [0.3, 0.4) is 0 Å². The van der Waals surface area contributed by atoms with Crippen LogP contribution < -0.4 is 16.0 Å². The molecule has 0 unspecified atom stereocenters. The van der Waals surface area contributed by atoms with Gasteiger partial charge >= 0.3 is 0 Å². The van der Waals surface area contributed by atoms with Crippen molar-refractivity contribution in [3.05, 3.63) is 29.6 Å². The molecule has 1 aromatic rings. The van der Waals surface area contributed by atoms with E-state index in [4.69, 9.17) is 0 Å². The number of carbonyl (C=O) groups excluding carboxylic acids is 2. The molecular formula is C12H17FN3O2+. The van der Waals surface area contributed by atoms with Crippen LogP contribution in [-0.4, -0.2) is 32.0 Å². The van der Waals surface area contributed by atoms with Crippen LogP contribution in [0.25, 0.3) is 0 Å². The van der Waals surface area contributed by atoms with Gasteiger partial charge in [0.2, 0.25) is 0 Å². The molecule has 18 heavy (non-hydrogen) atoms. The predicted molar refractivity (Wildman–Crippen MR) is 65.5 cm³/mol. The van der Waals surface area contributed by atoms with E-state index in [1.165, 1.54) is 19.2 Å². The predicted octanol–water partition coefficient (Wildman–Crippen LogP) is -0.618. The standard InChI is InChI=1S/C12H16FN3O2/c1-8-3-4-10(9(13)5-8)16-12(18)7-15-6-11(17)14-2/h3-5,15H,6-7H2,1-2H3,(H,14,17)(H,16,18)/p+1. The Labute approximate surface area is 105 Å². The van der Waals surface area contributed by atoms with Crippen LogP contribution in [0.2, 0.25) is 0 Å². The minimum Gasteiger partial charge on any atom is -0.354 e. The second kappa shape index (κ2) is 6.70. The Kier molecular flexibility index (Phi) is 5.26. The molecule has 0 bridgehead atoms. The first-order valence-electron chi connectivity index (χ1n) is 5.61. The molecule has 0 aliphatic carbocycles. The van der Waals surface area contributed by atoms with Crippen LogP contribution in [0.5, 0.6) is 0 Å². The Morgan fingerprint density at radius 3 is 2.56 bits per heavy atom. The Balaban J connectivity index is 2.42. The number of anilines is 1. The molecule has 0 atom stereocenters. The van der Waals surface area contributed by atoms with Crippen LogP contribution in [0.15, 0.2) is 18.2 Å². The number of halogens is 1. The zero-order chi connectivity index (χ0) is 13.5. The molecule has 0 spiro atoms. The molecule has 2 amide bonds. The molecule has 98 valence electrons. The van der Waals surface area contributed by atoms with Crippen molar-refractivity contribution in [1.29, 1.82) is 0 Å². The molecule has 0 fully saturated rings. The molecule has 0 radical (unpaired) electrons. The van der Waals surface area contributed by atoms with E-state index in [1.54, 1.807) is 18.3 Å². The molecule has 0 aliphatic rings. The summed E-state index contributed by atoms with van der Waals surface area (Å²) in [5.41, 5.74) is 0.940. The zero-order valence-corrected chi connectivity index (χ0v) is 10.4. The average molecular weight is 254 g/mol. The second-order valence-electron chi connectivity index (χ2n) is 3.90. The maximum absolute atomic E-state index is 13.4. The highest BCUT2D eigenvalue weighted by Crippen LogP contribution is 2.14. The minimum atomic E-state index is -0.463. The summed E-state index contributed by atoms with van der Waals surface area (Å²) in [5.74, 6) is -0.972. The summed E-state index contributed by atoms with van der Waals surface area (Å²) in [6, 6.07) is 4.58. The Bertz CT molecular complexity index is 449. The first kappa shape index (κ1) is 14.1. The first-order chi connectivity index (χ1) is 8.52. The average Bonchev–Trinajstić information content (AvgIpc) is 2.32. The second-order valence-corrected chi connectivity index (χ2v) is 3.90. The lowest BCUT2D eigenvalue weighted by Gasteiger charge is -2.06. The van der Waals surface area contributed by atoms with Gasteiger partial charge in [0.25, 0.3) is 11.8 Å². The molecule has 6 heteroatoms. The largest absolute Gasteiger partial charge is 0.354 e. The number of amides is 2. The highest BCUT2D eigenvalue weighted by atomic mass is 19.1. The van der Waals surface area contributed by atoms with Crippen molar-refractivity contribution in [2.24, 2.45) is 0 Å². The normalized spacial score (nSPS) is 9.94. The van der Waals surface area contributed by atoms with Gasteiger partial charge in [-0.05, 0) is 24.6 Å². The van der Waals surface area contributed by atoms with E-state index in [1.807, 2.05) is 0 Å². The van der Waals surface area contributed by atoms with Gasteiger partial charge in [-0.3, -0.25) is 9.59 Å². The number of likely N-dealkylation sites (N-methyl/N-ethyl adjacent to an activating group) is 1. The van der Waals surface area contributed by atoms with Crippen LogP contribution in [0, 0.1) is 12.7 Å². The van der Waals surface area contributed by atoms with Gasteiger partial charge < -0.3 is 16.0 Å². The van der Waals surface area contributed by atoms with E-state index < -0.39 is 5.82 Å². The van der Waals surface area contributed by atoms with Crippen molar-refractivity contribution in [2.45, 2.75) is 6.92 Å². The summed E-state index contributed by atoms with van der Waals surface area (Å²) in [5, 5.41) is 6.44. The Morgan fingerprint density at radius 1 is 1.28 bits per heavy atom. The van der Waals surface area contributed by atoms with Crippen LogP contribution >= 0.6 is 0 Å². The van der Waals surface area contributed by atoms with Gasteiger partial charge in [-0.15, -0.1) is 0 Å². The topological polar surface area (TPSA) is 74.8 Å². The summed E-state index contributed by atoms with van der Waals surface area (Å²) in [6.07, 6.45) is 0. The highest BCUT2D eigenvalue weighted by molar-refractivity contribution is 5.91. The third kappa shape index (κ3) is 4.50. The molecule has 0 saturated carbocycles. The zero-order valence-electron chi connectivity index (χ0n) is 10.4. The van der Waals surface area contributed by atoms with E-state index in [0.29, 0.717) is 0 Å². The number of carbonyl (C=O) groups is 2. The summed E-state index contributed by atoms with van der Waals surface area (Å²) in [4.78, 5) is 22.4. The lowest BCUT2D eigenvalue weighted by molar-refractivity contribution is -0.632. The van der Waals surface area contributed by atoms with E-state index in [9.17, 15) is 14.0 Å². The van der Waals surface area contributed by atoms with Crippen molar-refractivity contribution in [3.63, 3.8) is 0 Å². The number of hydrogen-bond donors (Lipinski definition) is 3. The number of benzene rings is 1. The molecular weight excluding hydrogens is 237 g/mol. The molecule has 0 heterocycles. The van der Waals surface area contributed by atoms with Gasteiger partial charge in [0.1, 0.15) is 5.82 Å². The maximum Gasteiger partial charge on any atom is 0.279 e. The number of nitrogens with one attached hydrogen (secondary N) is 2. The van der Waals surface area contributed by atoms with Gasteiger partial charge in [-0.2, -0.15) is 0 Å². The molecule has 1 aromatic carbocycles. The van der Waals surface area contributed by atoms with Gasteiger partial charge in [0.15, 0.2) is 13.1 Å². The summed E-state index contributed by atoms with van der Waals surface area (Å²) in [6.45, 7) is 2.01. The summed E-state index contributed by atoms with van der Waals surface area (Å²) < 4.78 is 13.4. The fraction of sp³-hybridized carbons (Fsp3) is 0.333. The van der Waals surface area contributed by atoms with Crippen LogP contribution in [-0.2, 0) is 9.59 Å². The Hall–Kier alpha value is -1.95. The quantitative estimate of drug-likeness (QED) is 0.655. The van der Waals surface area contributed by atoms with Gasteiger partial charge in [-0.1, -0.05) is 6.07 Å². The van der Waals surface area contributed by atoms with Crippen LogP contribution in [0.4, 0.5) is 10.1 Å². The fourth-order valence-electron chi connectivity index (χ4n) is 1.36. The third-order valence-electron chi connectivity index (χ3n) is 2.34. The fourth-order valence-corrected chi connectivity index (χ4v) is 1.36. The molecule has 4 N–H and O–H groups in total. The minimum absolute atomic E-state index is 0.0702. The van der Waals surface area contributed by atoms with E-state index in [-0.39, 0.29) is 30.6 Å². The van der Waals surface area contributed by atoms with E-state index >= 15 is 0 Å². The van der Waals surface area contributed by atoms with Gasteiger partial charge in [0.05, 0.1) is 5.69 Å². The van der Waals surface area contributed by atoms with E-state index in [2.05, 4.69) is 10.6 Å². The lowest BCUT2D eigenvalue weighted by atomic mass is 10.2. The van der Waals surface area contributed by atoms with Crippen molar-refractivity contribution in [2.75, 3.05) is 25.5 Å². The molecule has 0 saturated heterocycles. The summed E-state index contributed by atoms with van der Waals surface area (Å²) in [7, 11) is 1.53. The monoisotopic (exact) mass is 254 g/mol. The third-order valence-corrected chi connectivity index (χ3v) is 2.34. The number of rotatable bonds is 5. The number of hydrogen-bond acceptors (Lipinski definition) is 2. The lowest BCUT2D eigenvalue weighted by Crippen LogP contribution is -2.88. The number of aryl methyl sites for hydroxylation is 1. The highest BCUT2D eigenvalue weighted by Gasteiger charge is 2.09. The molecule has 0 aliphatic heterocycles. The molecule has 1 rings (SSSR count). The Morgan fingerprint density at radius 2 is 1.94 bits per heavy atom. The maximum atomic E-state index is 13.4. The number of nitrogens with two attached hydrogens (primary N) is 1. The van der Waals surface area contributed by atoms with Crippen molar-refractivity contribution >= 4 is 17.5 Å². The van der Waals surface area contributed by atoms with Crippen molar-refractivity contribution in [1.82, 2.24) is 5.32 Å². The smallest absolute Gasteiger partial charge is 0.279 e. The van der Waals surface area contributed by atoms with Crippen LogP contribution in [0.1, 0.15) is 5.56 Å². The number of quaternary nitrogens is 1. The van der Waals surface area contributed by atoms with Gasteiger partial charge in [-0.25, -0.2) is 4.39 Å². The van der Waals surface area contributed by atoms with Crippen molar-refractivity contribution < 1.29 is 19.3 Å². The van der Waals surface area contributed by atoms with Gasteiger partial charge in [0, 0.05) is 7.05 Å². The SMILES string of the molecule is CNC(=O)C[NH2+]CC(=O)Nc1ccc(C)cc1F.